The van der Waals surface area contributed by atoms with Crippen molar-refractivity contribution < 1.29 is 13.2 Å². The SMILES string of the molecule is COC1CC(NS(=O)(=O)c2ccc(CN)nc2)C1. The van der Waals surface area contributed by atoms with Crippen LogP contribution in [0.25, 0.3) is 0 Å². The standard InChI is InChI=1S/C11H17N3O3S/c1-17-10-4-9(5-10)14-18(15,16)11-3-2-8(6-12)13-7-11/h2-3,7,9-10,14H,4-6,12H2,1H3. The minimum atomic E-state index is -3.49. The number of rotatable bonds is 5. The molecule has 0 saturated heterocycles. The molecule has 1 aliphatic carbocycles. The van der Waals surface area contributed by atoms with Crippen LogP contribution < -0.4 is 10.5 Å². The molecular weight excluding hydrogens is 254 g/mol. The van der Waals surface area contributed by atoms with E-state index in [1.807, 2.05) is 0 Å². The van der Waals surface area contributed by atoms with E-state index in [0.29, 0.717) is 25.1 Å². The molecule has 7 heteroatoms. The summed E-state index contributed by atoms with van der Waals surface area (Å²) in [6.07, 6.45) is 2.92. The molecule has 0 spiro atoms. The maximum Gasteiger partial charge on any atom is 0.242 e. The van der Waals surface area contributed by atoms with Crippen molar-refractivity contribution in [3.8, 4) is 0 Å². The first kappa shape index (κ1) is 13.4. The van der Waals surface area contributed by atoms with Crippen LogP contribution in [-0.4, -0.2) is 32.7 Å². The highest BCUT2D eigenvalue weighted by Crippen LogP contribution is 2.24. The molecule has 2 rings (SSSR count). The van der Waals surface area contributed by atoms with Crippen molar-refractivity contribution >= 4 is 10.0 Å². The van der Waals surface area contributed by atoms with Crippen LogP contribution in [0.5, 0.6) is 0 Å². The maximum atomic E-state index is 12.0. The molecule has 1 fully saturated rings. The Morgan fingerprint density at radius 2 is 2.22 bits per heavy atom. The van der Waals surface area contributed by atoms with Gasteiger partial charge in [-0.15, -0.1) is 0 Å². The zero-order valence-corrected chi connectivity index (χ0v) is 11.0. The lowest BCUT2D eigenvalue weighted by molar-refractivity contribution is 0.0236. The maximum absolute atomic E-state index is 12.0. The number of methoxy groups -OCH3 is 1. The van der Waals surface area contributed by atoms with E-state index in [2.05, 4.69) is 9.71 Å². The smallest absolute Gasteiger partial charge is 0.242 e. The van der Waals surface area contributed by atoms with E-state index in [1.165, 1.54) is 12.3 Å². The third-order valence-electron chi connectivity index (χ3n) is 3.07. The van der Waals surface area contributed by atoms with Gasteiger partial charge in [-0.05, 0) is 25.0 Å². The molecule has 3 N–H and O–H groups in total. The predicted molar refractivity (Wildman–Crippen MR) is 66.3 cm³/mol. The normalized spacial score (nSPS) is 23.7. The molecule has 0 aromatic carbocycles. The summed E-state index contributed by atoms with van der Waals surface area (Å²) in [6, 6.07) is 3.09. The second kappa shape index (κ2) is 5.31. The lowest BCUT2D eigenvalue weighted by atomic mass is 9.90. The fourth-order valence-corrected chi connectivity index (χ4v) is 3.04. The molecule has 1 heterocycles. The van der Waals surface area contributed by atoms with E-state index in [9.17, 15) is 8.42 Å². The second-order valence-electron chi connectivity index (χ2n) is 4.34. The van der Waals surface area contributed by atoms with Crippen molar-refractivity contribution in [1.82, 2.24) is 9.71 Å². The van der Waals surface area contributed by atoms with Crippen LogP contribution >= 0.6 is 0 Å². The molecule has 1 aromatic heterocycles. The Kier molecular flexibility index (Phi) is 3.96. The van der Waals surface area contributed by atoms with Crippen molar-refractivity contribution in [3.05, 3.63) is 24.0 Å². The molecule has 1 saturated carbocycles. The second-order valence-corrected chi connectivity index (χ2v) is 6.05. The highest BCUT2D eigenvalue weighted by atomic mass is 32.2. The third kappa shape index (κ3) is 2.86. The summed E-state index contributed by atoms with van der Waals surface area (Å²) < 4.78 is 31.8. The summed E-state index contributed by atoms with van der Waals surface area (Å²) in [7, 11) is -1.86. The molecule has 6 nitrogen and oxygen atoms in total. The number of ether oxygens (including phenoxy) is 1. The van der Waals surface area contributed by atoms with Gasteiger partial charge in [-0.3, -0.25) is 4.98 Å². The monoisotopic (exact) mass is 271 g/mol. The van der Waals surface area contributed by atoms with E-state index >= 15 is 0 Å². The third-order valence-corrected chi connectivity index (χ3v) is 4.57. The van der Waals surface area contributed by atoms with Gasteiger partial charge in [-0.2, -0.15) is 0 Å². The van der Waals surface area contributed by atoms with Gasteiger partial charge in [0.05, 0.1) is 11.8 Å². The number of hydrogen-bond acceptors (Lipinski definition) is 5. The fourth-order valence-electron chi connectivity index (χ4n) is 1.83. The van der Waals surface area contributed by atoms with Crippen molar-refractivity contribution in [3.63, 3.8) is 0 Å². The van der Waals surface area contributed by atoms with Gasteiger partial charge in [0.2, 0.25) is 10.0 Å². The average molecular weight is 271 g/mol. The van der Waals surface area contributed by atoms with E-state index in [0.717, 1.165) is 0 Å². The van der Waals surface area contributed by atoms with Crippen LogP contribution in [0.3, 0.4) is 0 Å². The highest BCUT2D eigenvalue weighted by molar-refractivity contribution is 7.89. The Hall–Kier alpha value is -1.02. The van der Waals surface area contributed by atoms with Gasteiger partial charge in [0.15, 0.2) is 0 Å². The molecular formula is C11H17N3O3S. The van der Waals surface area contributed by atoms with Gasteiger partial charge in [-0.25, -0.2) is 13.1 Å². The van der Waals surface area contributed by atoms with Crippen molar-refractivity contribution in [2.45, 2.75) is 36.4 Å². The largest absolute Gasteiger partial charge is 0.381 e. The van der Waals surface area contributed by atoms with Gasteiger partial charge < -0.3 is 10.5 Å². The number of aromatic nitrogens is 1. The lowest BCUT2D eigenvalue weighted by Crippen LogP contribution is -2.47. The fraction of sp³-hybridized carbons (Fsp3) is 0.545. The minimum absolute atomic E-state index is 0.0471. The van der Waals surface area contributed by atoms with Gasteiger partial charge in [-0.1, -0.05) is 0 Å². The number of nitrogens with zero attached hydrogens (tertiary/aromatic N) is 1. The zero-order valence-electron chi connectivity index (χ0n) is 10.2. The summed E-state index contributed by atoms with van der Waals surface area (Å²) in [5, 5.41) is 0. The number of hydrogen-bond donors (Lipinski definition) is 2. The van der Waals surface area contributed by atoms with Crippen LogP contribution in [0.1, 0.15) is 18.5 Å². The lowest BCUT2D eigenvalue weighted by Gasteiger charge is -2.34. The molecule has 0 amide bonds. The molecule has 0 bridgehead atoms. The molecule has 0 atom stereocenters. The number of sulfonamides is 1. The Balaban J connectivity index is 2.02. The number of nitrogens with two attached hydrogens (primary N) is 1. The van der Waals surface area contributed by atoms with Gasteiger partial charge >= 0.3 is 0 Å². The molecule has 0 aliphatic heterocycles. The minimum Gasteiger partial charge on any atom is -0.381 e. The van der Waals surface area contributed by atoms with E-state index in [1.54, 1.807) is 13.2 Å². The Bertz CT molecular complexity index is 495. The van der Waals surface area contributed by atoms with Crippen LogP contribution in [0.4, 0.5) is 0 Å². The first-order valence-electron chi connectivity index (χ1n) is 5.75. The number of pyridine rings is 1. The summed E-state index contributed by atoms with van der Waals surface area (Å²) >= 11 is 0. The van der Waals surface area contributed by atoms with Crippen molar-refractivity contribution in [1.29, 1.82) is 0 Å². The topological polar surface area (TPSA) is 94.3 Å². The van der Waals surface area contributed by atoms with Crippen LogP contribution in [-0.2, 0) is 21.3 Å². The zero-order chi connectivity index (χ0) is 13.2. The van der Waals surface area contributed by atoms with Crippen molar-refractivity contribution in [2.75, 3.05) is 7.11 Å². The average Bonchev–Trinajstić information content (AvgIpc) is 2.33. The Labute approximate surface area is 107 Å². The van der Waals surface area contributed by atoms with Gasteiger partial charge in [0.1, 0.15) is 4.90 Å². The number of nitrogens with one attached hydrogen (secondary N) is 1. The molecule has 0 radical (unpaired) electrons. The van der Waals surface area contributed by atoms with E-state index in [-0.39, 0.29) is 17.0 Å². The molecule has 0 unspecified atom stereocenters. The first-order chi connectivity index (χ1) is 8.55. The summed E-state index contributed by atoms with van der Waals surface area (Å²) in [5.41, 5.74) is 6.07. The highest BCUT2D eigenvalue weighted by Gasteiger charge is 2.32. The molecule has 1 aromatic rings. The Morgan fingerprint density at radius 1 is 1.50 bits per heavy atom. The van der Waals surface area contributed by atoms with Crippen LogP contribution in [0.2, 0.25) is 0 Å². The summed E-state index contributed by atoms with van der Waals surface area (Å²) in [5.74, 6) is 0. The first-order valence-corrected chi connectivity index (χ1v) is 7.23. The summed E-state index contributed by atoms with van der Waals surface area (Å²) in [6.45, 7) is 0.298. The van der Waals surface area contributed by atoms with Gasteiger partial charge in [0, 0.05) is 25.9 Å². The summed E-state index contributed by atoms with van der Waals surface area (Å²) in [4.78, 5) is 4.14. The van der Waals surface area contributed by atoms with Gasteiger partial charge in [0.25, 0.3) is 0 Å². The Morgan fingerprint density at radius 3 is 2.72 bits per heavy atom. The molecule has 1 aliphatic rings. The quantitative estimate of drug-likeness (QED) is 0.786. The van der Waals surface area contributed by atoms with E-state index in [4.69, 9.17) is 10.5 Å². The van der Waals surface area contributed by atoms with Crippen LogP contribution in [0.15, 0.2) is 23.2 Å². The van der Waals surface area contributed by atoms with Crippen molar-refractivity contribution in [2.24, 2.45) is 5.73 Å². The molecule has 18 heavy (non-hydrogen) atoms. The molecule has 100 valence electrons. The van der Waals surface area contributed by atoms with E-state index < -0.39 is 10.0 Å². The van der Waals surface area contributed by atoms with Crippen LogP contribution in [0, 0.1) is 0 Å². The predicted octanol–water partition coefficient (Wildman–Crippen LogP) is -0.00400.